The number of aliphatic hydroxyl groups is 1. The lowest BCUT2D eigenvalue weighted by Crippen LogP contribution is -2.23. The molecule has 0 fully saturated rings. The van der Waals surface area contributed by atoms with Gasteiger partial charge in [0.1, 0.15) is 0 Å². The monoisotopic (exact) mass is 226 g/mol. The Bertz CT molecular complexity index is 331. The quantitative estimate of drug-likeness (QED) is 0.512. The molecule has 0 unspecified atom stereocenters. The van der Waals surface area contributed by atoms with Crippen LogP contribution in [0.15, 0.2) is 18.2 Å². The van der Waals surface area contributed by atoms with Crippen molar-refractivity contribution in [2.75, 3.05) is 18.8 Å². The summed E-state index contributed by atoms with van der Waals surface area (Å²) < 4.78 is 13.5. The lowest BCUT2D eigenvalue weighted by atomic mass is 10.1. The number of nitrogen functional groups attached to an aromatic ring is 1. The maximum atomic E-state index is 13.5. The molecular formula is C12H19FN2O. The van der Waals surface area contributed by atoms with E-state index in [1.807, 2.05) is 0 Å². The summed E-state index contributed by atoms with van der Waals surface area (Å²) in [7, 11) is 0. The fourth-order valence-electron chi connectivity index (χ4n) is 1.48. The van der Waals surface area contributed by atoms with Gasteiger partial charge in [-0.3, -0.25) is 0 Å². The molecule has 0 aliphatic carbocycles. The number of rotatable bonds is 6. The van der Waals surface area contributed by atoms with Crippen LogP contribution in [0.1, 0.15) is 31.4 Å². The molecule has 0 saturated heterocycles. The number of benzene rings is 1. The SMILES string of the molecule is CCCCNC[C@H](O)c1cccc(N)c1F. The van der Waals surface area contributed by atoms with Crippen molar-refractivity contribution in [1.29, 1.82) is 0 Å². The fraction of sp³-hybridized carbons (Fsp3) is 0.500. The number of aliphatic hydroxyl groups excluding tert-OH is 1. The number of unbranched alkanes of at least 4 members (excludes halogenated alkanes) is 1. The van der Waals surface area contributed by atoms with Gasteiger partial charge in [0.25, 0.3) is 0 Å². The molecular weight excluding hydrogens is 207 g/mol. The zero-order chi connectivity index (χ0) is 12.0. The van der Waals surface area contributed by atoms with Crippen molar-refractivity contribution < 1.29 is 9.50 Å². The van der Waals surface area contributed by atoms with Crippen LogP contribution < -0.4 is 11.1 Å². The molecule has 16 heavy (non-hydrogen) atoms. The van der Waals surface area contributed by atoms with E-state index in [-0.39, 0.29) is 11.3 Å². The van der Waals surface area contributed by atoms with E-state index >= 15 is 0 Å². The zero-order valence-corrected chi connectivity index (χ0v) is 9.54. The Kier molecular flexibility index (Phi) is 5.22. The minimum Gasteiger partial charge on any atom is -0.396 e. The molecule has 0 amide bonds. The molecule has 0 aromatic heterocycles. The Morgan fingerprint density at radius 2 is 2.25 bits per heavy atom. The summed E-state index contributed by atoms with van der Waals surface area (Å²) in [5, 5.41) is 12.8. The molecule has 1 atom stereocenters. The van der Waals surface area contributed by atoms with E-state index in [1.165, 1.54) is 6.07 Å². The van der Waals surface area contributed by atoms with Crippen LogP contribution in [0.5, 0.6) is 0 Å². The molecule has 0 saturated carbocycles. The molecule has 0 aliphatic rings. The highest BCUT2D eigenvalue weighted by Crippen LogP contribution is 2.20. The van der Waals surface area contributed by atoms with Gasteiger partial charge in [-0.25, -0.2) is 4.39 Å². The van der Waals surface area contributed by atoms with E-state index in [0.29, 0.717) is 6.54 Å². The molecule has 1 aromatic carbocycles. The molecule has 0 heterocycles. The normalized spacial score (nSPS) is 12.7. The third-order valence-electron chi connectivity index (χ3n) is 2.46. The van der Waals surface area contributed by atoms with Crippen molar-refractivity contribution in [3.8, 4) is 0 Å². The molecule has 90 valence electrons. The van der Waals surface area contributed by atoms with Gasteiger partial charge in [0.15, 0.2) is 5.82 Å². The second-order valence-corrected chi connectivity index (χ2v) is 3.82. The third kappa shape index (κ3) is 3.47. The average Bonchev–Trinajstić information content (AvgIpc) is 2.28. The highest BCUT2D eigenvalue weighted by molar-refractivity contribution is 5.43. The summed E-state index contributed by atoms with van der Waals surface area (Å²) in [4.78, 5) is 0. The second-order valence-electron chi connectivity index (χ2n) is 3.82. The van der Waals surface area contributed by atoms with Gasteiger partial charge >= 0.3 is 0 Å². The third-order valence-corrected chi connectivity index (χ3v) is 2.46. The van der Waals surface area contributed by atoms with Crippen LogP contribution in [0.2, 0.25) is 0 Å². The number of hydrogen-bond donors (Lipinski definition) is 3. The smallest absolute Gasteiger partial charge is 0.151 e. The predicted molar refractivity (Wildman–Crippen MR) is 63.5 cm³/mol. The lowest BCUT2D eigenvalue weighted by molar-refractivity contribution is 0.170. The fourth-order valence-corrected chi connectivity index (χ4v) is 1.48. The van der Waals surface area contributed by atoms with E-state index in [2.05, 4.69) is 12.2 Å². The van der Waals surface area contributed by atoms with E-state index in [4.69, 9.17) is 5.73 Å². The molecule has 1 aromatic rings. The first-order valence-corrected chi connectivity index (χ1v) is 5.59. The zero-order valence-electron chi connectivity index (χ0n) is 9.54. The van der Waals surface area contributed by atoms with Crippen molar-refractivity contribution in [1.82, 2.24) is 5.32 Å². The summed E-state index contributed by atoms with van der Waals surface area (Å²) in [5.74, 6) is -0.521. The van der Waals surface area contributed by atoms with Crippen molar-refractivity contribution in [3.05, 3.63) is 29.6 Å². The second kappa shape index (κ2) is 6.45. The van der Waals surface area contributed by atoms with Crippen molar-refractivity contribution in [3.63, 3.8) is 0 Å². The lowest BCUT2D eigenvalue weighted by Gasteiger charge is -2.13. The minimum atomic E-state index is -0.847. The number of anilines is 1. The summed E-state index contributed by atoms with van der Waals surface area (Å²) >= 11 is 0. The predicted octanol–water partition coefficient (Wildman–Crippen LogP) is 1.83. The van der Waals surface area contributed by atoms with Gasteiger partial charge in [-0.15, -0.1) is 0 Å². The number of hydrogen-bond acceptors (Lipinski definition) is 3. The summed E-state index contributed by atoms with van der Waals surface area (Å²) in [6.45, 7) is 3.27. The van der Waals surface area contributed by atoms with Gasteiger partial charge in [0.05, 0.1) is 11.8 Å². The molecule has 1 rings (SSSR count). The summed E-state index contributed by atoms with van der Waals surface area (Å²) in [6, 6.07) is 4.68. The van der Waals surface area contributed by atoms with Gasteiger partial charge in [-0.05, 0) is 19.0 Å². The molecule has 0 bridgehead atoms. The topological polar surface area (TPSA) is 58.3 Å². The van der Waals surface area contributed by atoms with E-state index in [0.717, 1.165) is 19.4 Å². The standard InChI is InChI=1S/C12H19FN2O/c1-2-3-7-15-8-11(16)9-5-4-6-10(14)12(9)13/h4-6,11,15-16H,2-3,7-8,14H2,1H3/t11-/m0/s1. The number of halogens is 1. The van der Waals surface area contributed by atoms with Gasteiger partial charge < -0.3 is 16.2 Å². The number of nitrogens with one attached hydrogen (secondary N) is 1. The largest absolute Gasteiger partial charge is 0.396 e. The van der Waals surface area contributed by atoms with Crippen LogP contribution in [0.4, 0.5) is 10.1 Å². The van der Waals surface area contributed by atoms with E-state index in [1.54, 1.807) is 12.1 Å². The molecule has 4 heteroatoms. The maximum Gasteiger partial charge on any atom is 0.151 e. The average molecular weight is 226 g/mol. The first-order chi connectivity index (χ1) is 7.66. The van der Waals surface area contributed by atoms with Gasteiger partial charge in [0, 0.05) is 12.1 Å². The minimum absolute atomic E-state index is 0.0742. The Hall–Kier alpha value is -1.13. The molecule has 4 N–H and O–H groups in total. The van der Waals surface area contributed by atoms with Gasteiger partial charge in [0.2, 0.25) is 0 Å². The van der Waals surface area contributed by atoms with Crippen molar-refractivity contribution in [2.24, 2.45) is 0 Å². The highest BCUT2D eigenvalue weighted by Gasteiger charge is 2.13. The van der Waals surface area contributed by atoms with Crippen molar-refractivity contribution in [2.45, 2.75) is 25.9 Å². The Balaban J connectivity index is 2.52. The Labute approximate surface area is 95.5 Å². The highest BCUT2D eigenvalue weighted by atomic mass is 19.1. The van der Waals surface area contributed by atoms with Crippen LogP contribution in [0.25, 0.3) is 0 Å². The molecule has 0 spiro atoms. The van der Waals surface area contributed by atoms with Gasteiger partial charge in [-0.2, -0.15) is 0 Å². The molecule has 3 nitrogen and oxygen atoms in total. The van der Waals surface area contributed by atoms with Gasteiger partial charge in [-0.1, -0.05) is 25.5 Å². The Morgan fingerprint density at radius 1 is 1.50 bits per heavy atom. The maximum absolute atomic E-state index is 13.5. The van der Waals surface area contributed by atoms with E-state index in [9.17, 15) is 9.50 Å². The van der Waals surface area contributed by atoms with Crippen molar-refractivity contribution >= 4 is 5.69 Å². The van der Waals surface area contributed by atoms with Crippen LogP contribution >= 0.6 is 0 Å². The number of nitrogens with two attached hydrogens (primary N) is 1. The van der Waals surface area contributed by atoms with Crippen LogP contribution in [0, 0.1) is 5.82 Å². The van der Waals surface area contributed by atoms with Crippen LogP contribution in [-0.4, -0.2) is 18.2 Å². The summed E-state index contributed by atoms with van der Waals surface area (Å²) in [6.07, 6.45) is 1.29. The van der Waals surface area contributed by atoms with Crippen LogP contribution in [0.3, 0.4) is 0 Å². The van der Waals surface area contributed by atoms with E-state index < -0.39 is 11.9 Å². The summed E-state index contributed by atoms with van der Waals surface area (Å²) in [5.41, 5.74) is 5.76. The first-order valence-electron chi connectivity index (χ1n) is 5.59. The molecule has 0 aliphatic heterocycles. The van der Waals surface area contributed by atoms with Crippen LogP contribution in [-0.2, 0) is 0 Å². The Morgan fingerprint density at radius 3 is 2.94 bits per heavy atom. The first kappa shape index (κ1) is 12.9. The molecule has 0 radical (unpaired) electrons.